The van der Waals surface area contributed by atoms with Crippen LogP contribution in [0.5, 0.6) is 5.75 Å². The zero-order chi connectivity index (χ0) is 15.7. The average molecular weight is 359 g/mol. The number of hydrogen-bond acceptors (Lipinski definition) is 2. The second kappa shape index (κ2) is 6.13. The highest BCUT2D eigenvalue weighted by molar-refractivity contribution is 9.10. The number of imidazole rings is 1. The standard InChI is InChI=1S/C18H19BrN2O/c1-12-4-5-18(15(19)8-12)22-7-6-21-11-20-16-9-13(2)14(3)10-17(16)21/h4-5,8-11H,6-7H2,1-3H3. The maximum absolute atomic E-state index is 5.87. The lowest BCUT2D eigenvalue weighted by Crippen LogP contribution is -2.07. The van der Waals surface area contributed by atoms with Gasteiger partial charge in [0, 0.05) is 0 Å². The highest BCUT2D eigenvalue weighted by Gasteiger charge is 2.06. The summed E-state index contributed by atoms with van der Waals surface area (Å²) in [6, 6.07) is 10.4. The van der Waals surface area contributed by atoms with E-state index in [-0.39, 0.29) is 0 Å². The van der Waals surface area contributed by atoms with Crippen molar-refractivity contribution < 1.29 is 4.74 Å². The highest BCUT2D eigenvalue weighted by Crippen LogP contribution is 2.26. The van der Waals surface area contributed by atoms with Crippen molar-refractivity contribution >= 4 is 27.0 Å². The first-order valence-corrected chi connectivity index (χ1v) is 8.15. The molecule has 0 fully saturated rings. The third-order valence-electron chi connectivity index (χ3n) is 3.91. The monoisotopic (exact) mass is 358 g/mol. The van der Waals surface area contributed by atoms with Crippen LogP contribution in [-0.4, -0.2) is 16.2 Å². The Hall–Kier alpha value is -1.81. The minimum Gasteiger partial charge on any atom is -0.491 e. The molecule has 1 heterocycles. The largest absolute Gasteiger partial charge is 0.491 e. The number of nitrogens with zero attached hydrogens (tertiary/aromatic N) is 2. The van der Waals surface area contributed by atoms with Crippen LogP contribution in [0.15, 0.2) is 41.1 Å². The molecule has 0 aliphatic rings. The molecule has 0 aliphatic carbocycles. The molecule has 1 aromatic heterocycles. The minimum atomic E-state index is 0.611. The van der Waals surface area contributed by atoms with Gasteiger partial charge in [0.25, 0.3) is 0 Å². The Morgan fingerprint density at radius 2 is 1.86 bits per heavy atom. The predicted octanol–water partition coefficient (Wildman–Crippen LogP) is 4.80. The average Bonchev–Trinajstić information content (AvgIpc) is 2.84. The fraction of sp³-hybridized carbons (Fsp3) is 0.278. The Bertz CT molecular complexity index is 823. The van der Waals surface area contributed by atoms with Crippen molar-refractivity contribution in [2.75, 3.05) is 6.61 Å². The van der Waals surface area contributed by atoms with Gasteiger partial charge in [0.05, 0.1) is 28.4 Å². The van der Waals surface area contributed by atoms with E-state index in [1.165, 1.54) is 16.7 Å². The summed E-state index contributed by atoms with van der Waals surface area (Å²) >= 11 is 3.54. The van der Waals surface area contributed by atoms with Gasteiger partial charge in [-0.25, -0.2) is 4.98 Å². The molecule has 3 nitrogen and oxygen atoms in total. The molecule has 3 rings (SSSR count). The summed E-state index contributed by atoms with van der Waals surface area (Å²) in [6.45, 7) is 7.70. The normalized spacial score (nSPS) is 11.1. The molecule has 0 saturated carbocycles. The number of aromatic nitrogens is 2. The molecule has 114 valence electrons. The van der Waals surface area contributed by atoms with Crippen molar-refractivity contribution in [1.29, 1.82) is 0 Å². The maximum atomic E-state index is 5.87. The number of fused-ring (bicyclic) bond motifs is 1. The van der Waals surface area contributed by atoms with Crippen molar-refractivity contribution in [1.82, 2.24) is 9.55 Å². The highest BCUT2D eigenvalue weighted by atomic mass is 79.9. The Labute approximate surface area is 139 Å². The molecule has 4 heteroatoms. The molecule has 0 bridgehead atoms. The van der Waals surface area contributed by atoms with E-state index in [1.807, 2.05) is 12.4 Å². The maximum Gasteiger partial charge on any atom is 0.133 e. The third-order valence-corrected chi connectivity index (χ3v) is 4.53. The summed E-state index contributed by atoms with van der Waals surface area (Å²) in [4.78, 5) is 4.47. The molecule has 0 saturated heterocycles. The third kappa shape index (κ3) is 3.02. The van der Waals surface area contributed by atoms with Gasteiger partial charge < -0.3 is 9.30 Å². The van der Waals surface area contributed by atoms with Gasteiger partial charge in [-0.2, -0.15) is 0 Å². The lowest BCUT2D eigenvalue weighted by atomic mass is 10.1. The van der Waals surface area contributed by atoms with Crippen LogP contribution in [0.25, 0.3) is 11.0 Å². The van der Waals surface area contributed by atoms with Gasteiger partial charge in [-0.3, -0.25) is 0 Å². The summed E-state index contributed by atoms with van der Waals surface area (Å²) in [5, 5.41) is 0. The lowest BCUT2D eigenvalue weighted by Gasteiger charge is -2.10. The van der Waals surface area contributed by atoms with Gasteiger partial charge in [0.2, 0.25) is 0 Å². The SMILES string of the molecule is Cc1ccc(OCCn2cnc3cc(C)c(C)cc32)c(Br)c1. The molecular formula is C18H19BrN2O. The van der Waals surface area contributed by atoms with E-state index >= 15 is 0 Å². The van der Waals surface area contributed by atoms with Gasteiger partial charge >= 0.3 is 0 Å². The van der Waals surface area contributed by atoms with E-state index in [1.54, 1.807) is 0 Å². The van der Waals surface area contributed by atoms with Crippen LogP contribution in [0, 0.1) is 20.8 Å². The molecule has 0 unspecified atom stereocenters. The van der Waals surface area contributed by atoms with Gasteiger partial charge in [-0.15, -0.1) is 0 Å². The lowest BCUT2D eigenvalue weighted by molar-refractivity contribution is 0.298. The first kappa shape index (κ1) is 15.1. The van der Waals surface area contributed by atoms with Crippen LogP contribution < -0.4 is 4.74 Å². The van der Waals surface area contributed by atoms with E-state index in [9.17, 15) is 0 Å². The topological polar surface area (TPSA) is 27.1 Å². The number of aryl methyl sites for hydroxylation is 3. The Kier molecular flexibility index (Phi) is 4.21. The molecule has 0 amide bonds. The molecule has 0 atom stereocenters. The molecule has 0 aliphatic heterocycles. The Balaban J connectivity index is 1.73. The number of hydrogen-bond donors (Lipinski definition) is 0. The summed E-state index contributed by atoms with van der Waals surface area (Å²) in [5.41, 5.74) is 5.98. The van der Waals surface area contributed by atoms with Gasteiger partial charge in [0.1, 0.15) is 12.4 Å². The summed E-state index contributed by atoms with van der Waals surface area (Å²) in [7, 11) is 0. The van der Waals surface area contributed by atoms with Crippen molar-refractivity contribution in [2.24, 2.45) is 0 Å². The fourth-order valence-electron chi connectivity index (χ4n) is 2.47. The first-order chi connectivity index (χ1) is 10.5. The second-order valence-corrected chi connectivity index (χ2v) is 6.50. The van der Waals surface area contributed by atoms with Gasteiger partial charge in [0.15, 0.2) is 0 Å². The van der Waals surface area contributed by atoms with Gasteiger partial charge in [-0.05, 0) is 77.7 Å². The van der Waals surface area contributed by atoms with Crippen molar-refractivity contribution in [3.63, 3.8) is 0 Å². The van der Waals surface area contributed by atoms with E-state index < -0.39 is 0 Å². The van der Waals surface area contributed by atoms with Gasteiger partial charge in [-0.1, -0.05) is 6.07 Å². The van der Waals surface area contributed by atoms with E-state index in [0.29, 0.717) is 6.61 Å². The predicted molar refractivity (Wildman–Crippen MR) is 93.6 cm³/mol. The van der Waals surface area contributed by atoms with Crippen LogP contribution in [0.3, 0.4) is 0 Å². The number of ether oxygens (including phenoxy) is 1. The van der Waals surface area contributed by atoms with E-state index in [0.717, 1.165) is 27.8 Å². The Morgan fingerprint density at radius 3 is 2.64 bits per heavy atom. The second-order valence-electron chi connectivity index (χ2n) is 5.65. The smallest absolute Gasteiger partial charge is 0.133 e. The molecule has 0 radical (unpaired) electrons. The number of benzene rings is 2. The molecule has 0 N–H and O–H groups in total. The van der Waals surface area contributed by atoms with Crippen molar-refractivity contribution in [3.05, 3.63) is 57.8 Å². The van der Waals surface area contributed by atoms with Crippen LogP contribution in [0.4, 0.5) is 0 Å². The van der Waals surface area contributed by atoms with E-state index in [2.05, 4.69) is 70.5 Å². The fourth-order valence-corrected chi connectivity index (χ4v) is 3.08. The molecule has 22 heavy (non-hydrogen) atoms. The zero-order valence-electron chi connectivity index (χ0n) is 13.1. The van der Waals surface area contributed by atoms with E-state index in [4.69, 9.17) is 4.74 Å². The quantitative estimate of drug-likeness (QED) is 0.669. The van der Waals surface area contributed by atoms with Crippen molar-refractivity contribution in [3.8, 4) is 5.75 Å². The molecule has 3 aromatic rings. The molecule has 0 spiro atoms. The van der Waals surface area contributed by atoms with Crippen LogP contribution >= 0.6 is 15.9 Å². The summed E-state index contributed by atoms with van der Waals surface area (Å²) in [6.07, 6.45) is 1.89. The number of rotatable bonds is 4. The zero-order valence-corrected chi connectivity index (χ0v) is 14.6. The van der Waals surface area contributed by atoms with Crippen LogP contribution in [0.1, 0.15) is 16.7 Å². The first-order valence-electron chi connectivity index (χ1n) is 7.35. The van der Waals surface area contributed by atoms with Crippen LogP contribution in [-0.2, 0) is 6.54 Å². The van der Waals surface area contributed by atoms with Crippen LogP contribution in [0.2, 0.25) is 0 Å². The minimum absolute atomic E-state index is 0.611. The molecular weight excluding hydrogens is 340 g/mol. The number of halogens is 1. The molecule has 2 aromatic carbocycles. The Morgan fingerprint density at radius 1 is 1.09 bits per heavy atom. The summed E-state index contributed by atoms with van der Waals surface area (Å²) in [5.74, 6) is 0.877. The summed E-state index contributed by atoms with van der Waals surface area (Å²) < 4.78 is 9.01. The van der Waals surface area contributed by atoms with Crippen molar-refractivity contribution in [2.45, 2.75) is 27.3 Å².